The van der Waals surface area contributed by atoms with E-state index in [2.05, 4.69) is 13.8 Å². The van der Waals surface area contributed by atoms with Crippen LogP contribution in [0.5, 0.6) is 0 Å². The summed E-state index contributed by atoms with van der Waals surface area (Å²) in [5.74, 6) is 0.227. The van der Waals surface area contributed by atoms with E-state index < -0.39 is 0 Å². The molecule has 0 fully saturated rings. The van der Waals surface area contributed by atoms with Gasteiger partial charge in [0.2, 0.25) is 0 Å². The summed E-state index contributed by atoms with van der Waals surface area (Å²) < 4.78 is 12.6. The van der Waals surface area contributed by atoms with Crippen molar-refractivity contribution in [2.24, 2.45) is 11.7 Å². The van der Waals surface area contributed by atoms with Gasteiger partial charge in [0.25, 0.3) is 0 Å². The Morgan fingerprint density at radius 2 is 1.85 bits per heavy atom. The molecule has 1 aromatic carbocycles. The van der Waals surface area contributed by atoms with Crippen LogP contribution in [0.1, 0.15) is 31.9 Å². The fraction of sp³-hybridized carbons (Fsp3) is 0.455. The number of rotatable bonds is 3. The van der Waals surface area contributed by atoms with Crippen LogP contribution in [0.3, 0.4) is 0 Å². The van der Waals surface area contributed by atoms with Crippen molar-refractivity contribution in [1.29, 1.82) is 0 Å². The monoisotopic (exact) mass is 181 g/mol. The van der Waals surface area contributed by atoms with Crippen molar-refractivity contribution < 1.29 is 4.39 Å². The van der Waals surface area contributed by atoms with Gasteiger partial charge in [-0.15, -0.1) is 0 Å². The minimum absolute atomic E-state index is 0.0191. The van der Waals surface area contributed by atoms with Crippen molar-refractivity contribution in [1.82, 2.24) is 0 Å². The van der Waals surface area contributed by atoms with E-state index in [1.807, 2.05) is 0 Å². The maximum Gasteiger partial charge on any atom is 0.123 e. The Balaban J connectivity index is 2.77. The lowest BCUT2D eigenvalue weighted by molar-refractivity contribution is 0.456. The van der Waals surface area contributed by atoms with Crippen LogP contribution >= 0.6 is 0 Å². The molecule has 1 unspecified atom stereocenters. The summed E-state index contributed by atoms with van der Waals surface area (Å²) in [6.45, 7) is 4.21. The molecule has 0 saturated heterocycles. The number of benzene rings is 1. The Labute approximate surface area is 78.8 Å². The fourth-order valence-corrected chi connectivity index (χ4v) is 1.27. The quantitative estimate of drug-likeness (QED) is 0.762. The first-order valence-electron chi connectivity index (χ1n) is 4.66. The highest BCUT2D eigenvalue weighted by Crippen LogP contribution is 2.21. The summed E-state index contributed by atoms with van der Waals surface area (Å²) in [7, 11) is 0. The summed E-state index contributed by atoms with van der Waals surface area (Å²) in [6, 6.07) is 6.44. The molecule has 0 aliphatic heterocycles. The molecule has 0 spiro atoms. The third kappa shape index (κ3) is 2.52. The molecule has 1 aromatic rings. The standard InChI is InChI=1S/C11H16FN/c1-3-8(2)11(13)9-4-6-10(12)7-5-9/h4-8,11H,3,13H2,1-2H3/t8?,11-/m0/s1. The Morgan fingerprint density at radius 1 is 1.31 bits per heavy atom. The van der Waals surface area contributed by atoms with Gasteiger partial charge in [0.1, 0.15) is 5.82 Å². The zero-order chi connectivity index (χ0) is 9.84. The van der Waals surface area contributed by atoms with Crippen molar-refractivity contribution in [3.8, 4) is 0 Å². The summed E-state index contributed by atoms with van der Waals surface area (Å²) in [6.07, 6.45) is 1.04. The van der Waals surface area contributed by atoms with E-state index in [-0.39, 0.29) is 11.9 Å². The largest absolute Gasteiger partial charge is 0.324 e. The minimum Gasteiger partial charge on any atom is -0.324 e. The van der Waals surface area contributed by atoms with Crippen LogP contribution in [0, 0.1) is 11.7 Å². The average Bonchev–Trinajstić information content (AvgIpc) is 2.17. The van der Waals surface area contributed by atoms with Gasteiger partial charge >= 0.3 is 0 Å². The highest BCUT2D eigenvalue weighted by atomic mass is 19.1. The smallest absolute Gasteiger partial charge is 0.123 e. The van der Waals surface area contributed by atoms with Gasteiger partial charge in [-0.25, -0.2) is 4.39 Å². The molecule has 0 saturated carbocycles. The van der Waals surface area contributed by atoms with Crippen molar-refractivity contribution in [3.05, 3.63) is 35.6 Å². The number of hydrogen-bond donors (Lipinski definition) is 1. The molecule has 2 heteroatoms. The maximum atomic E-state index is 12.6. The lowest BCUT2D eigenvalue weighted by atomic mass is 9.93. The molecule has 13 heavy (non-hydrogen) atoms. The summed E-state index contributed by atoms with van der Waals surface area (Å²) in [4.78, 5) is 0. The van der Waals surface area contributed by atoms with Gasteiger partial charge in [0.05, 0.1) is 0 Å². The lowest BCUT2D eigenvalue weighted by Gasteiger charge is -2.18. The lowest BCUT2D eigenvalue weighted by Crippen LogP contribution is -2.18. The molecule has 0 radical (unpaired) electrons. The van der Waals surface area contributed by atoms with Crippen molar-refractivity contribution in [3.63, 3.8) is 0 Å². The van der Waals surface area contributed by atoms with E-state index in [1.54, 1.807) is 12.1 Å². The highest BCUT2D eigenvalue weighted by molar-refractivity contribution is 5.19. The van der Waals surface area contributed by atoms with Crippen LogP contribution < -0.4 is 5.73 Å². The molecule has 0 heterocycles. The van der Waals surface area contributed by atoms with Crippen LogP contribution in [0.25, 0.3) is 0 Å². The van der Waals surface area contributed by atoms with E-state index in [1.165, 1.54) is 12.1 Å². The molecule has 0 aliphatic carbocycles. The number of hydrogen-bond acceptors (Lipinski definition) is 1. The Kier molecular flexibility index (Phi) is 3.43. The van der Waals surface area contributed by atoms with Gasteiger partial charge in [0, 0.05) is 6.04 Å². The predicted octanol–water partition coefficient (Wildman–Crippen LogP) is 2.87. The van der Waals surface area contributed by atoms with Crippen LogP contribution in [-0.4, -0.2) is 0 Å². The zero-order valence-electron chi connectivity index (χ0n) is 8.13. The normalized spacial score (nSPS) is 15.4. The van der Waals surface area contributed by atoms with E-state index in [4.69, 9.17) is 5.73 Å². The third-order valence-electron chi connectivity index (χ3n) is 2.51. The summed E-state index contributed by atoms with van der Waals surface area (Å²) in [5, 5.41) is 0. The maximum absolute atomic E-state index is 12.6. The Hall–Kier alpha value is -0.890. The van der Waals surface area contributed by atoms with Gasteiger partial charge in [-0.05, 0) is 23.6 Å². The van der Waals surface area contributed by atoms with E-state index >= 15 is 0 Å². The van der Waals surface area contributed by atoms with Gasteiger partial charge < -0.3 is 5.73 Å². The summed E-state index contributed by atoms with van der Waals surface area (Å²) >= 11 is 0. The first-order valence-corrected chi connectivity index (χ1v) is 4.66. The molecule has 0 aromatic heterocycles. The Morgan fingerprint density at radius 3 is 2.31 bits per heavy atom. The SMILES string of the molecule is CCC(C)[C@H](N)c1ccc(F)cc1. The number of nitrogens with two attached hydrogens (primary N) is 1. The molecular weight excluding hydrogens is 165 g/mol. The molecule has 0 aliphatic rings. The second-order valence-electron chi connectivity index (χ2n) is 3.46. The Bertz CT molecular complexity index is 255. The van der Waals surface area contributed by atoms with E-state index in [9.17, 15) is 4.39 Å². The molecule has 0 amide bonds. The molecule has 72 valence electrons. The average molecular weight is 181 g/mol. The number of halogens is 1. The van der Waals surface area contributed by atoms with Crippen molar-refractivity contribution in [2.45, 2.75) is 26.3 Å². The van der Waals surface area contributed by atoms with Gasteiger partial charge in [-0.3, -0.25) is 0 Å². The van der Waals surface area contributed by atoms with Crippen LogP contribution in [0.15, 0.2) is 24.3 Å². The van der Waals surface area contributed by atoms with Gasteiger partial charge in [0.15, 0.2) is 0 Å². The minimum atomic E-state index is -0.208. The van der Waals surface area contributed by atoms with Crippen molar-refractivity contribution in [2.75, 3.05) is 0 Å². The highest BCUT2D eigenvalue weighted by Gasteiger charge is 2.12. The second-order valence-corrected chi connectivity index (χ2v) is 3.46. The van der Waals surface area contributed by atoms with E-state index in [0.717, 1.165) is 12.0 Å². The second kappa shape index (κ2) is 4.38. The van der Waals surface area contributed by atoms with Crippen molar-refractivity contribution >= 4 is 0 Å². The molecule has 2 N–H and O–H groups in total. The molecule has 0 bridgehead atoms. The van der Waals surface area contributed by atoms with E-state index in [0.29, 0.717) is 5.92 Å². The first kappa shape index (κ1) is 10.2. The van der Waals surface area contributed by atoms with Gasteiger partial charge in [-0.2, -0.15) is 0 Å². The first-order chi connectivity index (χ1) is 6.15. The molecule has 1 nitrogen and oxygen atoms in total. The van der Waals surface area contributed by atoms with Crippen LogP contribution in [0.2, 0.25) is 0 Å². The molecule has 1 rings (SSSR count). The summed E-state index contributed by atoms with van der Waals surface area (Å²) in [5.41, 5.74) is 6.99. The topological polar surface area (TPSA) is 26.0 Å². The third-order valence-corrected chi connectivity index (χ3v) is 2.51. The molecular formula is C11H16FN. The molecule has 2 atom stereocenters. The predicted molar refractivity (Wildman–Crippen MR) is 52.8 cm³/mol. The zero-order valence-corrected chi connectivity index (χ0v) is 8.13. The van der Waals surface area contributed by atoms with Gasteiger partial charge in [-0.1, -0.05) is 32.4 Å². The van der Waals surface area contributed by atoms with Crippen LogP contribution in [-0.2, 0) is 0 Å². The van der Waals surface area contributed by atoms with Crippen LogP contribution in [0.4, 0.5) is 4.39 Å². The fourth-order valence-electron chi connectivity index (χ4n) is 1.27.